The van der Waals surface area contributed by atoms with Crippen LogP contribution in [0.25, 0.3) is 10.8 Å². The van der Waals surface area contributed by atoms with Crippen LogP contribution in [-0.4, -0.2) is 23.3 Å². The lowest BCUT2D eigenvalue weighted by Crippen LogP contribution is -2.21. The Morgan fingerprint density at radius 1 is 1.08 bits per heavy atom. The molecular formula is C19H17N3O2. The van der Waals surface area contributed by atoms with Crippen molar-refractivity contribution in [1.29, 1.82) is 0 Å². The molecular weight excluding hydrogens is 302 g/mol. The summed E-state index contributed by atoms with van der Waals surface area (Å²) in [6.45, 7) is 2.03. The van der Waals surface area contributed by atoms with Crippen molar-refractivity contribution in [3.63, 3.8) is 0 Å². The Morgan fingerprint density at radius 3 is 2.67 bits per heavy atom. The van der Waals surface area contributed by atoms with Crippen molar-refractivity contribution in [3.8, 4) is 0 Å². The lowest BCUT2D eigenvalue weighted by atomic mass is 10.1. The predicted molar refractivity (Wildman–Crippen MR) is 95.0 cm³/mol. The maximum absolute atomic E-state index is 12.2. The molecule has 0 spiro atoms. The summed E-state index contributed by atoms with van der Waals surface area (Å²) in [7, 11) is 0. The molecule has 0 saturated heterocycles. The lowest BCUT2D eigenvalue weighted by molar-refractivity contribution is -0.134. The molecule has 0 aliphatic rings. The van der Waals surface area contributed by atoms with Gasteiger partial charge in [0.2, 0.25) is 0 Å². The number of hydrogen-bond acceptors (Lipinski definition) is 5. The van der Waals surface area contributed by atoms with Gasteiger partial charge in [-0.15, -0.1) is 0 Å². The van der Waals surface area contributed by atoms with Crippen molar-refractivity contribution in [2.24, 2.45) is 5.10 Å². The second kappa shape index (κ2) is 7.37. The molecule has 5 heteroatoms. The monoisotopic (exact) mass is 319 g/mol. The number of ether oxygens (including phenoxy) is 1. The Labute approximate surface area is 140 Å². The topological polar surface area (TPSA) is 63.6 Å². The summed E-state index contributed by atoms with van der Waals surface area (Å²) in [5, 5.41) is 6.37. The van der Waals surface area contributed by atoms with Crippen LogP contribution in [0.1, 0.15) is 12.6 Å². The average Bonchev–Trinajstić information content (AvgIpc) is 2.63. The number of nitrogens with zero attached hydrogens (tertiary/aromatic N) is 2. The Bertz CT molecular complexity index is 871. The fourth-order valence-corrected chi connectivity index (χ4v) is 2.35. The van der Waals surface area contributed by atoms with E-state index >= 15 is 0 Å². The standard InChI is InChI=1S/C19H17N3O2/c1-2-24-19(23)18(17-11-5-6-13-20-17)22-21-16-12-7-9-14-8-3-4-10-15(14)16/h3-13,21H,2H2,1H3/b22-18-. The highest BCUT2D eigenvalue weighted by Gasteiger charge is 2.16. The van der Waals surface area contributed by atoms with Gasteiger partial charge >= 0.3 is 5.97 Å². The second-order valence-electron chi connectivity index (χ2n) is 5.03. The zero-order chi connectivity index (χ0) is 16.8. The van der Waals surface area contributed by atoms with E-state index in [1.165, 1.54) is 0 Å². The highest BCUT2D eigenvalue weighted by molar-refractivity contribution is 6.42. The number of hydrazone groups is 1. The number of anilines is 1. The van der Waals surface area contributed by atoms with Gasteiger partial charge in [-0.25, -0.2) is 4.79 Å². The van der Waals surface area contributed by atoms with Gasteiger partial charge in [-0.2, -0.15) is 5.10 Å². The Hall–Kier alpha value is -3.21. The van der Waals surface area contributed by atoms with Crippen LogP contribution in [0.15, 0.2) is 72.0 Å². The van der Waals surface area contributed by atoms with Gasteiger partial charge in [0.05, 0.1) is 18.0 Å². The van der Waals surface area contributed by atoms with Crippen molar-refractivity contribution in [2.75, 3.05) is 12.0 Å². The van der Waals surface area contributed by atoms with E-state index < -0.39 is 5.97 Å². The molecule has 0 fully saturated rings. The number of fused-ring (bicyclic) bond motifs is 1. The fourth-order valence-electron chi connectivity index (χ4n) is 2.35. The molecule has 3 rings (SSSR count). The van der Waals surface area contributed by atoms with Crippen molar-refractivity contribution < 1.29 is 9.53 Å². The molecule has 0 unspecified atom stereocenters. The minimum Gasteiger partial charge on any atom is -0.461 e. The third-order valence-corrected chi connectivity index (χ3v) is 3.45. The Balaban J connectivity index is 1.97. The van der Waals surface area contributed by atoms with Crippen molar-refractivity contribution >= 4 is 28.1 Å². The molecule has 2 aromatic carbocycles. The molecule has 0 atom stereocenters. The maximum Gasteiger partial charge on any atom is 0.361 e. The first kappa shape index (κ1) is 15.7. The van der Waals surface area contributed by atoms with Crippen LogP contribution < -0.4 is 5.43 Å². The van der Waals surface area contributed by atoms with Crippen molar-refractivity contribution in [1.82, 2.24) is 4.98 Å². The van der Waals surface area contributed by atoms with Gasteiger partial charge in [0.15, 0.2) is 5.71 Å². The largest absolute Gasteiger partial charge is 0.461 e. The molecule has 0 bridgehead atoms. The van der Waals surface area contributed by atoms with E-state index in [-0.39, 0.29) is 12.3 Å². The molecule has 120 valence electrons. The van der Waals surface area contributed by atoms with Gasteiger partial charge in [-0.3, -0.25) is 10.4 Å². The number of carbonyl (C=O) groups is 1. The van der Waals surface area contributed by atoms with E-state index in [1.54, 1.807) is 31.3 Å². The number of hydrogen-bond donors (Lipinski definition) is 1. The Kier molecular flexibility index (Phi) is 4.81. The number of rotatable bonds is 5. The van der Waals surface area contributed by atoms with Gasteiger partial charge in [0.1, 0.15) is 0 Å². The zero-order valence-electron chi connectivity index (χ0n) is 13.3. The number of aromatic nitrogens is 1. The van der Waals surface area contributed by atoms with Crippen LogP contribution in [-0.2, 0) is 9.53 Å². The SMILES string of the molecule is CCOC(=O)/C(=N\Nc1cccc2ccccc12)c1ccccn1. The number of carbonyl (C=O) groups excluding carboxylic acids is 1. The minimum absolute atomic E-state index is 0.144. The summed E-state index contributed by atoms with van der Waals surface area (Å²) in [6.07, 6.45) is 1.61. The van der Waals surface area contributed by atoms with Crippen molar-refractivity contribution in [3.05, 3.63) is 72.6 Å². The summed E-state index contributed by atoms with van der Waals surface area (Å²) in [5.41, 5.74) is 4.39. The van der Waals surface area contributed by atoms with Gasteiger partial charge in [-0.1, -0.05) is 42.5 Å². The number of pyridine rings is 1. The van der Waals surface area contributed by atoms with Crippen LogP contribution in [0.5, 0.6) is 0 Å². The normalized spacial score (nSPS) is 11.3. The zero-order valence-corrected chi connectivity index (χ0v) is 13.3. The second-order valence-corrected chi connectivity index (χ2v) is 5.03. The van der Waals surface area contributed by atoms with Crippen LogP contribution >= 0.6 is 0 Å². The molecule has 1 heterocycles. The number of esters is 1. The molecule has 24 heavy (non-hydrogen) atoms. The van der Waals surface area contributed by atoms with Gasteiger partial charge in [0, 0.05) is 11.6 Å². The summed E-state index contributed by atoms with van der Waals surface area (Å²) >= 11 is 0. The van der Waals surface area contributed by atoms with E-state index in [1.807, 2.05) is 42.5 Å². The molecule has 1 aromatic heterocycles. The average molecular weight is 319 g/mol. The van der Waals surface area contributed by atoms with E-state index in [2.05, 4.69) is 15.5 Å². The third kappa shape index (κ3) is 3.41. The van der Waals surface area contributed by atoms with Gasteiger partial charge in [0.25, 0.3) is 0 Å². The molecule has 0 amide bonds. The van der Waals surface area contributed by atoms with E-state index in [0.29, 0.717) is 5.69 Å². The minimum atomic E-state index is -0.510. The first-order valence-corrected chi connectivity index (χ1v) is 7.69. The fraction of sp³-hybridized carbons (Fsp3) is 0.105. The van der Waals surface area contributed by atoms with E-state index in [9.17, 15) is 4.79 Å². The lowest BCUT2D eigenvalue weighted by Gasteiger charge is -2.08. The highest BCUT2D eigenvalue weighted by Crippen LogP contribution is 2.23. The van der Waals surface area contributed by atoms with Crippen LogP contribution in [0.2, 0.25) is 0 Å². The molecule has 3 aromatic rings. The smallest absolute Gasteiger partial charge is 0.361 e. The van der Waals surface area contributed by atoms with Crippen LogP contribution in [0.3, 0.4) is 0 Å². The first-order valence-electron chi connectivity index (χ1n) is 7.69. The molecule has 0 aliphatic carbocycles. The van der Waals surface area contributed by atoms with E-state index in [0.717, 1.165) is 16.5 Å². The third-order valence-electron chi connectivity index (χ3n) is 3.45. The van der Waals surface area contributed by atoms with E-state index in [4.69, 9.17) is 4.74 Å². The van der Waals surface area contributed by atoms with Crippen molar-refractivity contribution in [2.45, 2.75) is 6.92 Å². The number of benzene rings is 2. The molecule has 0 aliphatic heterocycles. The summed E-state index contributed by atoms with van der Waals surface area (Å²) in [6, 6.07) is 19.1. The molecule has 0 saturated carbocycles. The first-order chi connectivity index (χ1) is 11.8. The quantitative estimate of drug-likeness (QED) is 0.443. The van der Waals surface area contributed by atoms with Crippen LogP contribution in [0, 0.1) is 0 Å². The molecule has 0 radical (unpaired) electrons. The van der Waals surface area contributed by atoms with Crippen LogP contribution in [0.4, 0.5) is 5.69 Å². The molecule has 1 N–H and O–H groups in total. The number of nitrogens with one attached hydrogen (secondary N) is 1. The van der Waals surface area contributed by atoms with Gasteiger partial charge in [-0.05, 0) is 30.5 Å². The predicted octanol–water partition coefficient (Wildman–Crippen LogP) is 3.61. The highest BCUT2D eigenvalue weighted by atomic mass is 16.5. The maximum atomic E-state index is 12.2. The molecule has 5 nitrogen and oxygen atoms in total. The summed E-state index contributed by atoms with van der Waals surface area (Å²) < 4.78 is 5.08. The summed E-state index contributed by atoms with van der Waals surface area (Å²) in [5.74, 6) is -0.510. The summed E-state index contributed by atoms with van der Waals surface area (Å²) in [4.78, 5) is 16.4. The van der Waals surface area contributed by atoms with Gasteiger partial charge < -0.3 is 4.74 Å². The Morgan fingerprint density at radius 2 is 1.88 bits per heavy atom.